The molecule has 0 saturated carbocycles. The first kappa shape index (κ1) is 12.0. The summed E-state index contributed by atoms with van der Waals surface area (Å²) in [6.07, 6.45) is 4.90. The molecule has 0 aliphatic carbocycles. The van der Waals surface area contributed by atoms with Crippen LogP contribution >= 0.6 is 0 Å². The van der Waals surface area contributed by atoms with Gasteiger partial charge in [-0.3, -0.25) is 4.98 Å². The summed E-state index contributed by atoms with van der Waals surface area (Å²) in [5, 5.41) is 0. The van der Waals surface area contributed by atoms with Crippen LogP contribution in [0.2, 0.25) is 0 Å². The van der Waals surface area contributed by atoms with Gasteiger partial charge >= 0.3 is 5.97 Å². The van der Waals surface area contributed by atoms with E-state index < -0.39 is 5.97 Å². The van der Waals surface area contributed by atoms with Gasteiger partial charge in [-0.1, -0.05) is 6.07 Å². The molecule has 0 N–H and O–H groups in total. The number of hydrogen-bond donors (Lipinski definition) is 0. The van der Waals surface area contributed by atoms with Gasteiger partial charge in [0.05, 0.1) is 19.8 Å². The first-order valence-corrected chi connectivity index (χ1v) is 5.29. The molecule has 2 aromatic rings. The predicted octanol–water partition coefficient (Wildman–Crippen LogP) is 1.94. The van der Waals surface area contributed by atoms with Crippen molar-refractivity contribution in [2.75, 3.05) is 14.2 Å². The molecule has 0 amide bonds. The van der Waals surface area contributed by atoms with Crippen molar-refractivity contribution in [2.45, 2.75) is 0 Å². The monoisotopic (exact) mass is 244 g/mol. The summed E-state index contributed by atoms with van der Waals surface area (Å²) < 4.78 is 9.76. The fourth-order valence-corrected chi connectivity index (χ4v) is 1.58. The summed E-state index contributed by atoms with van der Waals surface area (Å²) in [4.78, 5) is 19.9. The van der Waals surface area contributed by atoms with Gasteiger partial charge in [0.1, 0.15) is 0 Å². The van der Waals surface area contributed by atoms with E-state index in [4.69, 9.17) is 9.47 Å². The smallest absolute Gasteiger partial charge is 0.338 e. The highest BCUT2D eigenvalue weighted by molar-refractivity contribution is 5.97. The molecule has 0 atom stereocenters. The van der Waals surface area contributed by atoms with Crippen molar-refractivity contribution in [2.24, 2.45) is 0 Å². The Kier molecular flexibility index (Phi) is 3.52. The van der Waals surface area contributed by atoms with Gasteiger partial charge in [0.25, 0.3) is 0 Å². The van der Waals surface area contributed by atoms with E-state index in [0.29, 0.717) is 17.0 Å². The Labute approximate surface area is 104 Å². The zero-order valence-corrected chi connectivity index (χ0v) is 10.1. The van der Waals surface area contributed by atoms with E-state index in [1.807, 2.05) is 6.07 Å². The fraction of sp³-hybridized carbons (Fsp3) is 0.154. The van der Waals surface area contributed by atoms with Crippen LogP contribution in [0.25, 0.3) is 11.1 Å². The third-order valence-electron chi connectivity index (χ3n) is 2.47. The molecule has 5 heteroatoms. The number of pyridine rings is 2. The SMILES string of the molecule is COC(=O)c1cc(OC)ncc1-c1cccnc1. The Morgan fingerprint density at radius 3 is 2.72 bits per heavy atom. The first-order chi connectivity index (χ1) is 8.76. The second-order valence-corrected chi connectivity index (χ2v) is 3.51. The molecule has 0 aromatic carbocycles. The quantitative estimate of drug-likeness (QED) is 0.772. The maximum absolute atomic E-state index is 11.7. The highest BCUT2D eigenvalue weighted by Gasteiger charge is 2.15. The van der Waals surface area contributed by atoms with Crippen LogP contribution in [0.15, 0.2) is 36.8 Å². The number of hydrogen-bond acceptors (Lipinski definition) is 5. The van der Waals surface area contributed by atoms with Gasteiger partial charge in [-0.05, 0) is 6.07 Å². The maximum atomic E-state index is 11.7. The van der Waals surface area contributed by atoms with Crippen molar-refractivity contribution in [1.29, 1.82) is 0 Å². The molecule has 5 nitrogen and oxygen atoms in total. The molecule has 18 heavy (non-hydrogen) atoms. The second-order valence-electron chi connectivity index (χ2n) is 3.51. The second kappa shape index (κ2) is 5.27. The van der Waals surface area contributed by atoms with Crippen LogP contribution in [0, 0.1) is 0 Å². The molecule has 0 saturated heterocycles. The number of methoxy groups -OCH3 is 2. The lowest BCUT2D eigenvalue weighted by Crippen LogP contribution is -2.05. The molecule has 0 radical (unpaired) electrons. The number of rotatable bonds is 3. The van der Waals surface area contributed by atoms with Crippen molar-refractivity contribution in [1.82, 2.24) is 9.97 Å². The number of carbonyl (C=O) groups is 1. The number of ether oxygens (including phenoxy) is 2. The highest BCUT2D eigenvalue weighted by atomic mass is 16.5. The minimum atomic E-state index is -0.436. The Balaban J connectivity index is 2.56. The number of carbonyl (C=O) groups excluding carboxylic acids is 1. The standard InChI is InChI=1S/C13H12N2O3/c1-17-12-6-10(13(16)18-2)11(8-15-12)9-4-3-5-14-7-9/h3-8H,1-2H3. The minimum absolute atomic E-state index is 0.364. The summed E-state index contributed by atoms with van der Waals surface area (Å²) in [7, 11) is 2.83. The molecule has 0 unspecified atom stereocenters. The third-order valence-corrected chi connectivity index (χ3v) is 2.47. The van der Waals surface area contributed by atoms with Crippen molar-refractivity contribution >= 4 is 5.97 Å². The third kappa shape index (κ3) is 2.29. The molecule has 92 valence electrons. The van der Waals surface area contributed by atoms with Gasteiger partial charge in [-0.2, -0.15) is 0 Å². The molecule has 0 aliphatic heterocycles. The van der Waals surface area contributed by atoms with Crippen molar-refractivity contribution in [3.63, 3.8) is 0 Å². The molecule has 0 spiro atoms. The van der Waals surface area contributed by atoms with Crippen LogP contribution in [0.4, 0.5) is 0 Å². The summed E-state index contributed by atoms with van der Waals surface area (Å²) in [6, 6.07) is 5.19. The number of esters is 1. The van der Waals surface area contributed by atoms with Crippen LogP contribution in [0.5, 0.6) is 5.88 Å². The van der Waals surface area contributed by atoms with E-state index >= 15 is 0 Å². The molecular formula is C13H12N2O3. The summed E-state index contributed by atoms with van der Waals surface area (Å²) >= 11 is 0. The van der Waals surface area contributed by atoms with Crippen molar-refractivity contribution in [3.8, 4) is 17.0 Å². The van der Waals surface area contributed by atoms with E-state index in [1.54, 1.807) is 30.7 Å². The van der Waals surface area contributed by atoms with E-state index in [9.17, 15) is 4.79 Å². The Morgan fingerprint density at radius 1 is 1.28 bits per heavy atom. The lowest BCUT2D eigenvalue weighted by atomic mass is 10.0. The van der Waals surface area contributed by atoms with Crippen molar-refractivity contribution < 1.29 is 14.3 Å². The average molecular weight is 244 g/mol. The van der Waals surface area contributed by atoms with Gasteiger partial charge in [-0.15, -0.1) is 0 Å². The molecule has 2 heterocycles. The maximum Gasteiger partial charge on any atom is 0.338 e. The zero-order chi connectivity index (χ0) is 13.0. The topological polar surface area (TPSA) is 61.3 Å². The molecule has 0 fully saturated rings. The van der Waals surface area contributed by atoms with Crippen LogP contribution in [0.3, 0.4) is 0 Å². The Hall–Kier alpha value is -2.43. The van der Waals surface area contributed by atoms with Gasteiger partial charge in [0.2, 0.25) is 5.88 Å². The van der Waals surface area contributed by atoms with E-state index in [0.717, 1.165) is 5.56 Å². The largest absolute Gasteiger partial charge is 0.481 e. The Morgan fingerprint density at radius 2 is 2.11 bits per heavy atom. The van der Waals surface area contributed by atoms with E-state index in [-0.39, 0.29) is 0 Å². The van der Waals surface area contributed by atoms with E-state index in [1.165, 1.54) is 14.2 Å². The van der Waals surface area contributed by atoms with Gasteiger partial charge < -0.3 is 9.47 Å². The lowest BCUT2D eigenvalue weighted by molar-refractivity contribution is 0.0601. The summed E-state index contributed by atoms with van der Waals surface area (Å²) in [5.74, 6) is -0.0717. The number of aromatic nitrogens is 2. The number of nitrogens with zero attached hydrogens (tertiary/aromatic N) is 2. The van der Waals surface area contributed by atoms with Crippen LogP contribution < -0.4 is 4.74 Å². The minimum Gasteiger partial charge on any atom is -0.481 e. The normalized spacial score (nSPS) is 9.89. The van der Waals surface area contributed by atoms with E-state index in [2.05, 4.69) is 9.97 Å². The van der Waals surface area contributed by atoms with Crippen molar-refractivity contribution in [3.05, 3.63) is 42.4 Å². The molecule has 0 aliphatic rings. The first-order valence-electron chi connectivity index (χ1n) is 5.29. The van der Waals surface area contributed by atoms with Gasteiger partial charge in [-0.25, -0.2) is 9.78 Å². The summed E-state index contributed by atoms with van der Waals surface area (Å²) in [6.45, 7) is 0. The molecular weight excluding hydrogens is 232 g/mol. The van der Waals surface area contributed by atoms with Crippen LogP contribution in [-0.2, 0) is 4.74 Å². The van der Waals surface area contributed by atoms with Crippen LogP contribution in [0.1, 0.15) is 10.4 Å². The Bertz CT molecular complexity index is 555. The molecule has 2 rings (SSSR count). The predicted molar refractivity (Wildman–Crippen MR) is 65.4 cm³/mol. The highest BCUT2D eigenvalue weighted by Crippen LogP contribution is 2.25. The zero-order valence-electron chi connectivity index (χ0n) is 10.1. The van der Waals surface area contributed by atoms with Gasteiger partial charge in [0, 0.05) is 35.8 Å². The summed E-state index contributed by atoms with van der Waals surface area (Å²) in [5.41, 5.74) is 1.86. The average Bonchev–Trinajstić information content (AvgIpc) is 2.46. The molecule has 2 aromatic heterocycles. The van der Waals surface area contributed by atoms with Gasteiger partial charge in [0.15, 0.2) is 0 Å². The fourth-order valence-electron chi connectivity index (χ4n) is 1.58. The van der Waals surface area contributed by atoms with Crippen LogP contribution in [-0.4, -0.2) is 30.2 Å². The lowest BCUT2D eigenvalue weighted by Gasteiger charge is -2.08. The molecule has 0 bridgehead atoms.